The Hall–Kier alpha value is -3.26. The smallest absolute Gasteiger partial charge is 0.243 e. The lowest BCUT2D eigenvalue weighted by molar-refractivity contribution is -0.140. The fourth-order valence-corrected chi connectivity index (χ4v) is 9.54. The number of unbranched alkanes of at least 4 members (excludes halogenated alkanes) is 22. The van der Waals surface area contributed by atoms with Gasteiger partial charge in [-0.3, -0.25) is 28.8 Å². The summed E-state index contributed by atoms with van der Waals surface area (Å²) in [4.78, 5) is 84.3. The number of likely N-dealkylation sites (tertiary alicyclic amines) is 2. The molecule has 0 radical (unpaired) electrons. The number of amides is 6. The molecule has 6 amide bonds. The van der Waals surface area contributed by atoms with E-state index in [1.807, 2.05) is 0 Å². The average molecular weight is 931 g/mol. The highest BCUT2D eigenvalue weighted by molar-refractivity contribution is 5.94. The van der Waals surface area contributed by atoms with Gasteiger partial charge in [-0.15, -0.1) is 0 Å². The zero-order valence-electron chi connectivity index (χ0n) is 42.1. The Bertz CT molecular complexity index is 1340. The summed E-state index contributed by atoms with van der Waals surface area (Å²) in [5, 5.41) is 11.7. The summed E-state index contributed by atoms with van der Waals surface area (Å²) >= 11 is 0. The summed E-state index contributed by atoms with van der Waals surface area (Å²) < 4.78 is 0. The number of nitrogens with two attached hydrogens (primary N) is 2. The third kappa shape index (κ3) is 25.8. The Morgan fingerprint density at radius 2 is 0.879 bits per heavy atom. The molecule has 0 aromatic rings. The van der Waals surface area contributed by atoms with E-state index >= 15 is 0 Å². The molecular weight excluding hydrogens is 833 g/mol. The van der Waals surface area contributed by atoms with Crippen molar-refractivity contribution in [3.05, 3.63) is 0 Å². The molecule has 2 heterocycles. The fraction of sp³-hybridized carbons (Fsp3) is 0.885. The van der Waals surface area contributed by atoms with E-state index in [-0.39, 0.29) is 49.0 Å². The van der Waals surface area contributed by atoms with E-state index in [1.165, 1.54) is 103 Å². The summed E-state index contributed by atoms with van der Waals surface area (Å²) in [6.07, 6.45) is 33.2. The van der Waals surface area contributed by atoms with Crippen LogP contribution in [0.5, 0.6) is 0 Å². The minimum atomic E-state index is -0.949. The molecule has 0 aromatic carbocycles. The number of carbonyl (C=O) groups excluding carboxylic acids is 6. The molecule has 14 nitrogen and oxygen atoms in total. The maximum atomic E-state index is 14.0. The molecule has 0 saturated carbocycles. The molecule has 66 heavy (non-hydrogen) atoms. The van der Waals surface area contributed by atoms with Crippen molar-refractivity contribution in [2.24, 2.45) is 11.5 Å². The third-order valence-electron chi connectivity index (χ3n) is 13.6. The third-order valence-corrected chi connectivity index (χ3v) is 13.6. The van der Waals surface area contributed by atoms with Crippen LogP contribution in [0.4, 0.5) is 0 Å². The molecule has 2 fully saturated rings. The fourth-order valence-electron chi connectivity index (χ4n) is 9.54. The lowest BCUT2D eigenvalue weighted by atomic mass is 10.0. The van der Waals surface area contributed by atoms with Crippen molar-refractivity contribution in [2.45, 2.75) is 256 Å². The van der Waals surface area contributed by atoms with Gasteiger partial charge in [-0.05, 0) is 83.6 Å². The van der Waals surface area contributed by atoms with Crippen LogP contribution in [-0.2, 0) is 28.8 Å². The van der Waals surface area contributed by atoms with E-state index in [1.54, 1.807) is 9.80 Å². The van der Waals surface area contributed by atoms with Crippen LogP contribution < -0.4 is 32.7 Å². The zero-order chi connectivity index (χ0) is 48.0. The summed E-state index contributed by atoms with van der Waals surface area (Å²) in [6, 6.07) is -2.89. The van der Waals surface area contributed by atoms with E-state index in [9.17, 15) is 28.8 Å². The summed E-state index contributed by atoms with van der Waals surface area (Å²) in [5.41, 5.74) is 11.4. The summed E-state index contributed by atoms with van der Waals surface area (Å²) in [6.45, 7) is 6.96. The molecule has 2 saturated heterocycles. The molecule has 4 atom stereocenters. The van der Waals surface area contributed by atoms with Gasteiger partial charge in [0, 0.05) is 45.6 Å². The first-order valence-corrected chi connectivity index (χ1v) is 27.3. The van der Waals surface area contributed by atoms with E-state index in [2.05, 4.69) is 35.1 Å². The highest BCUT2D eigenvalue weighted by Crippen LogP contribution is 2.22. The van der Waals surface area contributed by atoms with Crippen molar-refractivity contribution in [3.8, 4) is 0 Å². The Morgan fingerprint density at radius 3 is 1.33 bits per heavy atom. The molecule has 0 bridgehead atoms. The number of nitrogens with one attached hydrogen (secondary N) is 4. The maximum absolute atomic E-state index is 14.0. The quantitative estimate of drug-likeness (QED) is 0.0332. The lowest BCUT2D eigenvalue weighted by Crippen LogP contribution is -2.56. The molecule has 2 aliphatic heterocycles. The number of hydrogen-bond donors (Lipinski definition) is 6. The highest BCUT2D eigenvalue weighted by Gasteiger charge is 2.37. The summed E-state index contributed by atoms with van der Waals surface area (Å²) in [5.74, 6) is -1.28. The van der Waals surface area contributed by atoms with Crippen LogP contribution in [0, 0.1) is 0 Å². The first-order chi connectivity index (χ1) is 32.2. The van der Waals surface area contributed by atoms with Gasteiger partial charge < -0.3 is 42.5 Å². The van der Waals surface area contributed by atoms with Crippen LogP contribution in [-0.4, -0.2) is 109 Å². The molecule has 0 aromatic heterocycles. The van der Waals surface area contributed by atoms with Gasteiger partial charge in [0.15, 0.2) is 0 Å². The topological polar surface area (TPSA) is 209 Å². The number of rotatable bonds is 41. The van der Waals surface area contributed by atoms with E-state index in [0.717, 1.165) is 44.9 Å². The van der Waals surface area contributed by atoms with Gasteiger partial charge in [-0.2, -0.15) is 0 Å². The van der Waals surface area contributed by atoms with Crippen molar-refractivity contribution in [1.82, 2.24) is 31.1 Å². The molecule has 2 aliphatic rings. The predicted octanol–water partition coefficient (Wildman–Crippen LogP) is 7.83. The van der Waals surface area contributed by atoms with Gasteiger partial charge in [0.2, 0.25) is 35.4 Å². The van der Waals surface area contributed by atoms with Gasteiger partial charge in [-0.25, -0.2) is 0 Å². The lowest BCUT2D eigenvalue weighted by Gasteiger charge is -2.27. The Kier molecular flexibility index (Phi) is 34.5. The van der Waals surface area contributed by atoms with Crippen LogP contribution in [0.25, 0.3) is 0 Å². The highest BCUT2D eigenvalue weighted by atomic mass is 16.2. The second kappa shape index (κ2) is 38.7. The van der Waals surface area contributed by atoms with Crippen molar-refractivity contribution in [1.29, 1.82) is 0 Å². The van der Waals surface area contributed by atoms with Crippen LogP contribution >= 0.6 is 0 Å². The Labute approximate surface area is 401 Å². The first kappa shape index (κ1) is 58.9. The molecule has 0 spiro atoms. The van der Waals surface area contributed by atoms with Crippen LogP contribution in [0.1, 0.15) is 232 Å². The van der Waals surface area contributed by atoms with Crippen LogP contribution in [0.15, 0.2) is 0 Å². The molecular formula is C52H98N8O6. The monoisotopic (exact) mass is 931 g/mol. The van der Waals surface area contributed by atoms with E-state index < -0.39 is 30.1 Å². The Balaban J connectivity index is 1.91. The van der Waals surface area contributed by atoms with Crippen LogP contribution in [0.2, 0.25) is 0 Å². The van der Waals surface area contributed by atoms with E-state index in [4.69, 9.17) is 11.5 Å². The Morgan fingerprint density at radius 1 is 0.455 bits per heavy atom. The molecule has 0 aliphatic carbocycles. The zero-order valence-corrected chi connectivity index (χ0v) is 42.1. The van der Waals surface area contributed by atoms with Crippen molar-refractivity contribution >= 4 is 35.4 Å². The number of nitrogens with zero attached hydrogens (tertiary/aromatic N) is 2. The summed E-state index contributed by atoms with van der Waals surface area (Å²) in [7, 11) is 0. The largest absolute Gasteiger partial charge is 0.354 e. The minimum absolute atomic E-state index is 0.0199. The average Bonchev–Trinajstić information content (AvgIpc) is 4.02. The normalized spacial score (nSPS) is 16.8. The van der Waals surface area contributed by atoms with Gasteiger partial charge in [0.1, 0.15) is 24.2 Å². The van der Waals surface area contributed by atoms with Gasteiger partial charge >= 0.3 is 0 Å². The predicted molar refractivity (Wildman–Crippen MR) is 267 cm³/mol. The molecule has 4 unspecified atom stereocenters. The first-order valence-electron chi connectivity index (χ1n) is 27.3. The SMILES string of the molecule is CCCCCCCCCCCCCC(=O)N1CCCC1C(=O)NCCCCC(NC(=O)C1CCCN1C(=O)CCCCCCCCCCCCC)C(=O)NC(CCCCN)C(=O)NCCN. The molecule has 14 heteroatoms. The number of carbonyl (C=O) groups is 6. The van der Waals surface area contributed by atoms with Crippen LogP contribution in [0.3, 0.4) is 0 Å². The standard InChI is InChI=1S/C52H98N8O6/c1-3-5-7-9-11-13-15-17-19-21-23-35-47(61)59-41-29-33-45(59)51(65)55-39-28-26-32-44(50(64)57-43(31-25-27-37-53)49(63)56-40-38-54)58-52(66)46-34-30-42-60(46)48(62)36-24-22-20-18-16-14-12-10-8-6-4-2/h43-46H,3-42,53-54H2,1-2H3,(H,55,65)(H,56,63)(H,57,64)(H,58,66). The molecule has 2 rings (SSSR count). The maximum Gasteiger partial charge on any atom is 0.243 e. The molecule has 8 N–H and O–H groups in total. The second-order valence-electron chi connectivity index (χ2n) is 19.3. The van der Waals surface area contributed by atoms with Crippen molar-refractivity contribution in [2.75, 3.05) is 39.3 Å². The second-order valence-corrected chi connectivity index (χ2v) is 19.3. The molecule has 382 valence electrons. The van der Waals surface area contributed by atoms with Gasteiger partial charge in [0.25, 0.3) is 0 Å². The van der Waals surface area contributed by atoms with E-state index in [0.29, 0.717) is 90.4 Å². The van der Waals surface area contributed by atoms with Gasteiger partial charge in [-0.1, -0.05) is 142 Å². The van der Waals surface area contributed by atoms with Gasteiger partial charge in [0.05, 0.1) is 0 Å². The van der Waals surface area contributed by atoms with Crippen molar-refractivity contribution in [3.63, 3.8) is 0 Å². The van der Waals surface area contributed by atoms with Crippen molar-refractivity contribution < 1.29 is 28.8 Å². The number of hydrogen-bond acceptors (Lipinski definition) is 8. The minimum Gasteiger partial charge on any atom is -0.354 e.